The number of fused-ring (bicyclic) bond motifs is 1. The van der Waals surface area contributed by atoms with E-state index in [0.717, 1.165) is 4.90 Å². The third kappa shape index (κ3) is 3.35. The van der Waals surface area contributed by atoms with Gasteiger partial charge in [0.1, 0.15) is 11.5 Å². The highest BCUT2D eigenvalue weighted by atomic mass is 16.5. The second-order valence-electron chi connectivity index (χ2n) is 6.09. The molecule has 0 aliphatic carbocycles. The van der Waals surface area contributed by atoms with E-state index in [1.165, 1.54) is 6.07 Å². The van der Waals surface area contributed by atoms with Crippen LogP contribution in [0.5, 0.6) is 11.5 Å². The standard InChI is InChI=1S/C22H15NO5/c24-20-18-11-4-5-12-19(18)21(25)23(20)14-27-22(26)15-7-6-10-17(13-15)28-16-8-2-1-3-9-16/h1-13H,14H2. The Bertz CT molecular complexity index is 1030. The molecule has 0 spiro atoms. The van der Waals surface area contributed by atoms with Crippen molar-refractivity contribution < 1.29 is 23.9 Å². The van der Waals surface area contributed by atoms with Crippen LogP contribution in [0, 0.1) is 0 Å². The Balaban J connectivity index is 1.43. The maximum atomic E-state index is 12.4. The quantitative estimate of drug-likeness (QED) is 0.501. The van der Waals surface area contributed by atoms with E-state index in [0.29, 0.717) is 22.6 Å². The first-order valence-electron chi connectivity index (χ1n) is 8.59. The van der Waals surface area contributed by atoms with Crippen LogP contribution in [0.3, 0.4) is 0 Å². The molecule has 0 saturated carbocycles. The molecule has 6 nitrogen and oxygen atoms in total. The van der Waals surface area contributed by atoms with E-state index in [2.05, 4.69) is 0 Å². The lowest BCUT2D eigenvalue weighted by Gasteiger charge is -2.14. The number of esters is 1. The van der Waals surface area contributed by atoms with Crippen molar-refractivity contribution >= 4 is 17.8 Å². The van der Waals surface area contributed by atoms with Gasteiger partial charge in [0, 0.05) is 0 Å². The number of carbonyl (C=O) groups is 3. The first-order valence-corrected chi connectivity index (χ1v) is 8.59. The molecule has 1 heterocycles. The molecule has 4 rings (SSSR count). The average Bonchev–Trinajstić information content (AvgIpc) is 2.97. The topological polar surface area (TPSA) is 72.9 Å². The molecule has 0 fully saturated rings. The average molecular weight is 373 g/mol. The highest BCUT2D eigenvalue weighted by Crippen LogP contribution is 2.24. The fourth-order valence-corrected chi connectivity index (χ4v) is 2.87. The number of nitrogens with zero attached hydrogens (tertiary/aromatic N) is 1. The third-order valence-electron chi connectivity index (χ3n) is 4.25. The second kappa shape index (κ2) is 7.36. The number of benzene rings is 3. The van der Waals surface area contributed by atoms with Gasteiger partial charge >= 0.3 is 5.97 Å². The Labute approximate surface area is 160 Å². The van der Waals surface area contributed by atoms with Gasteiger partial charge in [-0.15, -0.1) is 0 Å². The molecule has 6 heteroatoms. The van der Waals surface area contributed by atoms with Crippen LogP contribution >= 0.6 is 0 Å². The van der Waals surface area contributed by atoms with Crippen LogP contribution in [0.4, 0.5) is 0 Å². The summed E-state index contributed by atoms with van der Waals surface area (Å²) in [5.74, 6) is -0.500. The van der Waals surface area contributed by atoms with E-state index >= 15 is 0 Å². The molecule has 2 amide bonds. The summed E-state index contributed by atoms with van der Waals surface area (Å²) in [6.45, 7) is -0.449. The van der Waals surface area contributed by atoms with Gasteiger partial charge in [-0.3, -0.25) is 9.59 Å². The lowest BCUT2D eigenvalue weighted by molar-refractivity contribution is 0.0228. The summed E-state index contributed by atoms with van der Waals surface area (Å²) >= 11 is 0. The number of imide groups is 1. The van der Waals surface area contributed by atoms with Crippen molar-refractivity contribution in [2.24, 2.45) is 0 Å². The number of ether oxygens (including phenoxy) is 2. The normalized spacial score (nSPS) is 12.6. The van der Waals surface area contributed by atoms with Crippen molar-refractivity contribution in [2.75, 3.05) is 6.73 Å². The minimum atomic E-state index is -0.657. The van der Waals surface area contributed by atoms with Crippen LogP contribution < -0.4 is 4.74 Å². The lowest BCUT2D eigenvalue weighted by Crippen LogP contribution is -2.33. The van der Waals surface area contributed by atoms with E-state index in [4.69, 9.17) is 9.47 Å². The highest BCUT2D eigenvalue weighted by molar-refractivity contribution is 6.21. The summed E-state index contributed by atoms with van der Waals surface area (Å²) in [6.07, 6.45) is 0. The first kappa shape index (κ1) is 17.5. The molecule has 0 atom stereocenters. The monoisotopic (exact) mass is 373 g/mol. The van der Waals surface area contributed by atoms with Gasteiger partial charge < -0.3 is 9.47 Å². The molecule has 28 heavy (non-hydrogen) atoms. The van der Waals surface area contributed by atoms with Crippen molar-refractivity contribution in [3.05, 3.63) is 95.6 Å². The van der Waals surface area contributed by atoms with Crippen molar-refractivity contribution in [1.82, 2.24) is 4.90 Å². The largest absolute Gasteiger partial charge is 0.457 e. The van der Waals surface area contributed by atoms with E-state index < -0.39 is 24.5 Å². The Kier molecular flexibility index (Phi) is 4.60. The molecule has 0 bridgehead atoms. The fourth-order valence-electron chi connectivity index (χ4n) is 2.87. The van der Waals surface area contributed by atoms with Gasteiger partial charge in [0.2, 0.25) is 0 Å². The predicted molar refractivity (Wildman–Crippen MR) is 100 cm³/mol. The van der Waals surface area contributed by atoms with Crippen LogP contribution in [-0.4, -0.2) is 29.4 Å². The molecule has 1 aliphatic rings. The van der Waals surface area contributed by atoms with Gasteiger partial charge in [0.15, 0.2) is 6.73 Å². The molecule has 3 aromatic rings. The number of amides is 2. The Morgan fingerprint density at radius 3 is 2.04 bits per heavy atom. The van der Waals surface area contributed by atoms with Gasteiger partial charge in [-0.05, 0) is 42.5 Å². The van der Waals surface area contributed by atoms with Crippen LogP contribution in [-0.2, 0) is 4.74 Å². The van der Waals surface area contributed by atoms with E-state index in [9.17, 15) is 14.4 Å². The molecule has 0 unspecified atom stereocenters. The number of para-hydroxylation sites is 1. The number of hydrogen-bond donors (Lipinski definition) is 0. The van der Waals surface area contributed by atoms with Gasteiger partial charge in [0.25, 0.3) is 11.8 Å². The number of hydrogen-bond acceptors (Lipinski definition) is 5. The third-order valence-corrected chi connectivity index (χ3v) is 4.25. The van der Waals surface area contributed by atoms with Crippen molar-refractivity contribution in [3.8, 4) is 11.5 Å². The minimum Gasteiger partial charge on any atom is -0.457 e. The summed E-state index contributed by atoms with van der Waals surface area (Å²) in [6, 6.07) is 22.1. The molecule has 138 valence electrons. The Morgan fingerprint density at radius 1 is 0.750 bits per heavy atom. The maximum Gasteiger partial charge on any atom is 0.340 e. The molecule has 0 radical (unpaired) electrons. The zero-order chi connectivity index (χ0) is 19.5. The smallest absolute Gasteiger partial charge is 0.340 e. The molecular formula is C22H15NO5. The highest BCUT2D eigenvalue weighted by Gasteiger charge is 2.35. The first-order chi connectivity index (χ1) is 13.6. The van der Waals surface area contributed by atoms with Gasteiger partial charge in [-0.25, -0.2) is 9.69 Å². The SMILES string of the molecule is O=C(OCN1C(=O)c2ccccc2C1=O)c1cccc(Oc2ccccc2)c1. The molecule has 0 saturated heterocycles. The van der Waals surface area contributed by atoms with Crippen molar-refractivity contribution in [1.29, 1.82) is 0 Å². The predicted octanol–water partition coefficient (Wildman–Crippen LogP) is 3.89. The van der Waals surface area contributed by atoms with Crippen LogP contribution in [0.15, 0.2) is 78.9 Å². The number of carbonyl (C=O) groups excluding carboxylic acids is 3. The summed E-state index contributed by atoms with van der Waals surface area (Å²) < 4.78 is 10.9. The molecule has 1 aliphatic heterocycles. The zero-order valence-corrected chi connectivity index (χ0v) is 14.7. The lowest BCUT2D eigenvalue weighted by atomic mass is 10.1. The fraction of sp³-hybridized carbons (Fsp3) is 0.0455. The van der Waals surface area contributed by atoms with Gasteiger partial charge in [0.05, 0.1) is 16.7 Å². The van der Waals surface area contributed by atoms with Crippen molar-refractivity contribution in [3.63, 3.8) is 0 Å². The van der Waals surface area contributed by atoms with Crippen LogP contribution in [0.2, 0.25) is 0 Å². The van der Waals surface area contributed by atoms with E-state index in [-0.39, 0.29) is 5.56 Å². The molecular weight excluding hydrogens is 358 g/mol. The number of rotatable bonds is 5. The van der Waals surface area contributed by atoms with Gasteiger partial charge in [-0.1, -0.05) is 36.4 Å². The minimum absolute atomic E-state index is 0.255. The Morgan fingerprint density at radius 2 is 1.36 bits per heavy atom. The summed E-state index contributed by atoms with van der Waals surface area (Å²) in [5.41, 5.74) is 0.869. The van der Waals surface area contributed by atoms with Crippen LogP contribution in [0.1, 0.15) is 31.1 Å². The second-order valence-corrected chi connectivity index (χ2v) is 6.09. The Hall–Kier alpha value is -3.93. The molecule has 0 aromatic heterocycles. The zero-order valence-electron chi connectivity index (χ0n) is 14.7. The van der Waals surface area contributed by atoms with Crippen LogP contribution in [0.25, 0.3) is 0 Å². The summed E-state index contributed by atoms with van der Waals surface area (Å²) in [7, 11) is 0. The maximum absolute atomic E-state index is 12.4. The summed E-state index contributed by atoms with van der Waals surface area (Å²) in [4.78, 5) is 37.9. The summed E-state index contributed by atoms with van der Waals surface area (Å²) in [5, 5.41) is 0. The van der Waals surface area contributed by atoms with Crippen molar-refractivity contribution in [2.45, 2.75) is 0 Å². The molecule has 3 aromatic carbocycles. The molecule has 0 N–H and O–H groups in total. The van der Waals surface area contributed by atoms with Gasteiger partial charge in [-0.2, -0.15) is 0 Å². The van der Waals surface area contributed by atoms with E-state index in [1.807, 2.05) is 18.2 Å². The van der Waals surface area contributed by atoms with E-state index in [1.54, 1.807) is 54.6 Å².